The average molecular weight is 593 g/mol. The van der Waals surface area contributed by atoms with Crippen molar-refractivity contribution in [2.45, 2.75) is 42.9 Å². The molecular weight excluding hydrogens is 565 g/mol. The van der Waals surface area contributed by atoms with Crippen molar-refractivity contribution >= 4 is 17.6 Å². The number of amides is 3. The van der Waals surface area contributed by atoms with Crippen molar-refractivity contribution in [2.24, 2.45) is 0 Å². The van der Waals surface area contributed by atoms with Crippen LogP contribution in [0.15, 0.2) is 42.5 Å². The molecule has 0 bridgehead atoms. The first-order chi connectivity index (χ1) is 19.0. The fraction of sp³-hybridized carbons (Fsp3) is 0.462. The Kier molecular flexibility index (Phi) is 8.26. The van der Waals surface area contributed by atoms with Gasteiger partial charge in [0.2, 0.25) is 0 Å². The van der Waals surface area contributed by atoms with Gasteiger partial charge in [0, 0.05) is 50.4 Å². The molecule has 1 saturated carbocycles. The van der Waals surface area contributed by atoms with Crippen LogP contribution in [0.5, 0.6) is 0 Å². The minimum absolute atomic E-state index is 0.0355. The average Bonchev–Trinajstić information content (AvgIpc) is 3.64. The molecular formula is C26H27F7N4O4. The van der Waals surface area contributed by atoms with Crippen molar-refractivity contribution in [1.82, 2.24) is 15.1 Å². The maximum absolute atomic E-state index is 14.6. The Labute approximate surface area is 229 Å². The Morgan fingerprint density at radius 3 is 2.00 bits per heavy atom. The number of urea groups is 1. The van der Waals surface area contributed by atoms with Crippen molar-refractivity contribution in [1.29, 1.82) is 0 Å². The maximum atomic E-state index is 14.6. The number of nitrogens with one attached hydrogen (secondary N) is 2. The van der Waals surface area contributed by atoms with Crippen LogP contribution >= 0.6 is 0 Å². The summed E-state index contributed by atoms with van der Waals surface area (Å²) in [4.78, 5) is 28.1. The molecule has 0 radical (unpaired) electrons. The predicted molar refractivity (Wildman–Crippen MR) is 131 cm³/mol. The van der Waals surface area contributed by atoms with Gasteiger partial charge in [0.25, 0.3) is 11.5 Å². The van der Waals surface area contributed by atoms with Gasteiger partial charge in [0.15, 0.2) is 0 Å². The van der Waals surface area contributed by atoms with E-state index in [2.05, 4.69) is 10.6 Å². The molecule has 2 aromatic carbocycles. The third-order valence-corrected chi connectivity index (χ3v) is 7.13. The second kappa shape index (κ2) is 11.1. The predicted octanol–water partition coefficient (Wildman–Crippen LogP) is 3.74. The van der Waals surface area contributed by atoms with E-state index in [0.29, 0.717) is 43.6 Å². The first-order valence-electron chi connectivity index (χ1n) is 12.6. The van der Waals surface area contributed by atoms with Crippen LogP contribution in [0.2, 0.25) is 0 Å². The van der Waals surface area contributed by atoms with Gasteiger partial charge in [0.05, 0.1) is 11.3 Å². The first kappa shape index (κ1) is 30.5. The number of anilines is 1. The Hall–Kier alpha value is -3.43. The summed E-state index contributed by atoms with van der Waals surface area (Å²) in [6.45, 7) is 1.33. The van der Waals surface area contributed by atoms with Crippen LogP contribution in [0.25, 0.3) is 0 Å². The summed E-state index contributed by atoms with van der Waals surface area (Å²) < 4.78 is 93.1. The van der Waals surface area contributed by atoms with E-state index in [0.717, 1.165) is 18.2 Å². The summed E-state index contributed by atoms with van der Waals surface area (Å²) in [6.07, 6.45) is -10.8. The molecule has 0 unspecified atom stereocenters. The molecule has 1 aliphatic heterocycles. The van der Waals surface area contributed by atoms with Gasteiger partial charge in [0.1, 0.15) is 5.82 Å². The van der Waals surface area contributed by atoms with E-state index >= 15 is 0 Å². The van der Waals surface area contributed by atoms with Gasteiger partial charge >= 0.3 is 18.4 Å². The summed E-state index contributed by atoms with van der Waals surface area (Å²) in [7, 11) is 0. The molecule has 4 N–H and O–H groups in total. The van der Waals surface area contributed by atoms with Crippen molar-refractivity contribution in [2.75, 3.05) is 38.0 Å². The van der Waals surface area contributed by atoms with Gasteiger partial charge in [-0.05, 0) is 36.6 Å². The van der Waals surface area contributed by atoms with E-state index in [1.165, 1.54) is 17.0 Å². The number of aliphatic hydroxyl groups is 2. The number of carbonyl (C=O) groups excluding carboxylic acids is 2. The number of alkyl halides is 6. The summed E-state index contributed by atoms with van der Waals surface area (Å²) >= 11 is 0. The van der Waals surface area contributed by atoms with Gasteiger partial charge in [-0.25, -0.2) is 9.18 Å². The molecule has 224 valence electrons. The quantitative estimate of drug-likeness (QED) is 0.367. The van der Waals surface area contributed by atoms with E-state index < -0.39 is 46.9 Å². The molecule has 8 nitrogen and oxygen atoms in total. The zero-order valence-corrected chi connectivity index (χ0v) is 21.4. The maximum Gasteiger partial charge on any atom is 0.430 e. The zero-order chi connectivity index (χ0) is 30.2. The number of hydrogen-bond donors (Lipinski definition) is 4. The number of carbonyl (C=O) groups is 2. The number of piperazine rings is 1. The molecule has 0 atom stereocenters. The lowest BCUT2D eigenvalue weighted by molar-refractivity contribution is -0.376. The van der Waals surface area contributed by atoms with Crippen LogP contribution in [-0.4, -0.2) is 82.6 Å². The highest BCUT2D eigenvalue weighted by atomic mass is 19.4. The zero-order valence-electron chi connectivity index (χ0n) is 21.4. The second-order valence-electron chi connectivity index (χ2n) is 10.2. The third-order valence-electron chi connectivity index (χ3n) is 7.13. The van der Waals surface area contributed by atoms with Gasteiger partial charge in [-0.1, -0.05) is 24.3 Å². The van der Waals surface area contributed by atoms with Crippen LogP contribution in [0.4, 0.5) is 41.2 Å². The lowest BCUT2D eigenvalue weighted by Crippen LogP contribution is -2.53. The molecule has 4 rings (SSSR count). The van der Waals surface area contributed by atoms with Crippen LogP contribution in [0.1, 0.15) is 34.3 Å². The van der Waals surface area contributed by atoms with E-state index in [-0.39, 0.29) is 37.4 Å². The number of benzene rings is 2. The Morgan fingerprint density at radius 2 is 1.49 bits per heavy atom. The summed E-state index contributed by atoms with van der Waals surface area (Å²) in [5, 5.41) is 24.0. The summed E-state index contributed by atoms with van der Waals surface area (Å²) in [5.41, 5.74) is -6.96. The van der Waals surface area contributed by atoms with Crippen molar-refractivity contribution in [3.05, 3.63) is 65.0 Å². The van der Waals surface area contributed by atoms with Crippen molar-refractivity contribution < 1.29 is 50.5 Å². The molecule has 2 aromatic rings. The Bertz CT molecular complexity index is 1260. The van der Waals surface area contributed by atoms with Crippen LogP contribution in [0, 0.1) is 5.82 Å². The lowest BCUT2D eigenvalue weighted by Gasteiger charge is -2.35. The first-order valence-corrected chi connectivity index (χ1v) is 12.6. The fourth-order valence-electron chi connectivity index (χ4n) is 4.37. The third kappa shape index (κ3) is 6.73. The highest BCUT2D eigenvalue weighted by Crippen LogP contribution is 2.50. The fourth-order valence-corrected chi connectivity index (χ4v) is 4.37. The molecule has 0 spiro atoms. The smallest absolute Gasteiger partial charge is 0.388 e. The molecule has 3 amide bonds. The normalized spacial score (nSPS) is 17.7. The summed E-state index contributed by atoms with van der Waals surface area (Å²) in [5.74, 6) is -1.29. The SMILES string of the molecule is O=C(NCC1(O)CC1)Nc1ccc(C(=O)N2CCN(Cc3ccc(C(O)(C(F)(F)F)C(F)(F)F)cc3)CC2)cc1F. The molecule has 1 saturated heterocycles. The van der Waals surface area contributed by atoms with Crippen LogP contribution in [-0.2, 0) is 12.1 Å². The topological polar surface area (TPSA) is 105 Å². The lowest BCUT2D eigenvalue weighted by atomic mass is 9.91. The van der Waals surface area contributed by atoms with Crippen LogP contribution in [0.3, 0.4) is 0 Å². The van der Waals surface area contributed by atoms with Gasteiger partial charge in [-0.15, -0.1) is 0 Å². The highest BCUT2D eigenvalue weighted by Gasteiger charge is 2.71. The summed E-state index contributed by atoms with van der Waals surface area (Å²) in [6, 6.07) is 6.20. The second-order valence-corrected chi connectivity index (χ2v) is 10.2. The monoisotopic (exact) mass is 592 g/mol. The standard InChI is InChI=1S/C26H27F7N4O4/c27-19-13-17(3-6-20(19)35-22(39)34-15-23(40)7-8-23)21(38)37-11-9-36(10-12-37)14-16-1-4-18(5-2-16)24(41,25(28,29)30)26(31,32)33/h1-6,13,40-41H,7-12,14-15H2,(H2,34,35,39). The number of hydrogen-bond acceptors (Lipinski definition) is 5. The molecule has 15 heteroatoms. The molecule has 2 aliphatic rings. The van der Waals surface area contributed by atoms with Crippen molar-refractivity contribution in [3.63, 3.8) is 0 Å². The number of halogens is 7. The highest BCUT2D eigenvalue weighted by molar-refractivity contribution is 5.95. The van der Waals surface area contributed by atoms with E-state index in [4.69, 9.17) is 0 Å². The molecule has 0 aromatic heterocycles. The van der Waals surface area contributed by atoms with Crippen molar-refractivity contribution in [3.8, 4) is 0 Å². The van der Waals surface area contributed by atoms with E-state index in [9.17, 15) is 50.5 Å². The Morgan fingerprint density at radius 1 is 0.902 bits per heavy atom. The molecule has 2 fully saturated rings. The number of rotatable bonds is 7. The Balaban J connectivity index is 1.30. The van der Waals surface area contributed by atoms with E-state index in [1.54, 1.807) is 0 Å². The largest absolute Gasteiger partial charge is 0.430 e. The minimum Gasteiger partial charge on any atom is -0.388 e. The van der Waals surface area contributed by atoms with Crippen LogP contribution < -0.4 is 10.6 Å². The molecule has 1 aliphatic carbocycles. The minimum atomic E-state index is -5.97. The van der Waals surface area contributed by atoms with Gasteiger partial charge < -0.3 is 25.7 Å². The number of nitrogens with zero attached hydrogens (tertiary/aromatic N) is 2. The molecule has 41 heavy (non-hydrogen) atoms. The van der Waals surface area contributed by atoms with E-state index in [1.807, 2.05) is 4.90 Å². The van der Waals surface area contributed by atoms with Gasteiger partial charge in [-0.3, -0.25) is 9.69 Å². The molecule has 1 heterocycles. The van der Waals surface area contributed by atoms with Gasteiger partial charge in [-0.2, -0.15) is 26.3 Å².